The van der Waals surface area contributed by atoms with E-state index in [0.717, 1.165) is 19.3 Å². The zero-order valence-corrected chi connectivity index (χ0v) is 11.7. The lowest BCUT2D eigenvalue weighted by molar-refractivity contribution is -0.146. The van der Waals surface area contributed by atoms with E-state index in [1.807, 2.05) is 0 Å². The second-order valence-corrected chi connectivity index (χ2v) is 5.09. The summed E-state index contributed by atoms with van der Waals surface area (Å²) in [6.45, 7) is 0.470. The molecule has 2 N–H and O–H groups in total. The quantitative estimate of drug-likeness (QED) is 0.831. The number of carbonyl (C=O) groups is 2. The summed E-state index contributed by atoms with van der Waals surface area (Å²) >= 11 is 0. The molecule has 1 fully saturated rings. The number of nitrogens with zero attached hydrogens (tertiary/aromatic N) is 1. The number of piperidine rings is 1. The molecule has 6 heteroatoms. The summed E-state index contributed by atoms with van der Waals surface area (Å²) < 4.78 is 13.5. The molecule has 1 aliphatic heterocycles. The molecule has 0 spiro atoms. The molecule has 5 nitrogen and oxygen atoms in total. The lowest BCUT2D eigenvalue weighted by Crippen LogP contribution is -2.48. The van der Waals surface area contributed by atoms with Crippen molar-refractivity contribution in [2.45, 2.75) is 31.7 Å². The first-order valence-corrected chi connectivity index (χ1v) is 7.11. The molecule has 1 atom stereocenters. The molecule has 0 radical (unpaired) electrons. The van der Waals surface area contributed by atoms with Gasteiger partial charge in [0.15, 0.2) is 0 Å². The molecule has 0 bridgehead atoms. The van der Waals surface area contributed by atoms with Gasteiger partial charge in [0.05, 0.1) is 5.69 Å². The number of anilines is 1. The summed E-state index contributed by atoms with van der Waals surface area (Å²) in [5.41, 5.74) is -0.00781. The number of rotatable bonds is 3. The van der Waals surface area contributed by atoms with Crippen LogP contribution in [0.3, 0.4) is 0 Å². The number of para-hydroxylation sites is 1. The van der Waals surface area contributed by atoms with Crippen molar-refractivity contribution in [2.24, 2.45) is 0 Å². The van der Waals surface area contributed by atoms with Gasteiger partial charge in [0.25, 0.3) is 0 Å². The highest BCUT2D eigenvalue weighted by molar-refractivity contribution is 6.39. The van der Waals surface area contributed by atoms with Gasteiger partial charge in [0.1, 0.15) is 5.82 Å². The van der Waals surface area contributed by atoms with E-state index in [0.29, 0.717) is 13.0 Å². The minimum atomic E-state index is -0.843. The van der Waals surface area contributed by atoms with Crippen LogP contribution in [0.4, 0.5) is 10.1 Å². The highest BCUT2D eigenvalue weighted by Crippen LogP contribution is 2.20. The Morgan fingerprint density at radius 1 is 1.33 bits per heavy atom. The van der Waals surface area contributed by atoms with Crippen molar-refractivity contribution < 1.29 is 19.1 Å². The van der Waals surface area contributed by atoms with E-state index in [1.54, 1.807) is 6.07 Å². The van der Waals surface area contributed by atoms with Crippen LogP contribution in [0.5, 0.6) is 0 Å². The summed E-state index contributed by atoms with van der Waals surface area (Å²) in [6.07, 6.45) is 3.04. The standard InChI is InChI=1S/C15H19FN2O3/c16-12-6-1-2-7-13(12)17-14(20)15(21)18-9-4-3-5-11(18)8-10-19/h1-2,6-7,11,19H,3-5,8-10H2,(H,17,20). The van der Waals surface area contributed by atoms with Gasteiger partial charge in [0, 0.05) is 19.2 Å². The van der Waals surface area contributed by atoms with Crippen LogP contribution in [0.1, 0.15) is 25.7 Å². The second-order valence-electron chi connectivity index (χ2n) is 5.09. The minimum Gasteiger partial charge on any atom is -0.396 e. The SMILES string of the molecule is O=C(Nc1ccccc1F)C(=O)N1CCCCC1CCO. The molecule has 1 aromatic rings. The largest absolute Gasteiger partial charge is 0.396 e. The number of nitrogens with one attached hydrogen (secondary N) is 1. The van der Waals surface area contributed by atoms with Crippen LogP contribution < -0.4 is 5.32 Å². The zero-order chi connectivity index (χ0) is 15.2. The summed E-state index contributed by atoms with van der Waals surface area (Å²) in [5.74, 6) is -2.09. The van der Waals surface area contributed by atoms with Crippen LogP contribution in [0.15, 0.2) is 24.3 Å². The molecule has 1 aliphatic rings. The minimum absolute atomic E-state index is 0.00781. The topological polar surface area (TPSA) is 69.6 Å². The van der Waals surface area contributed by atoms with Crippen LogP contribution in [0.2, 0.25) is 0 Å². The van der Waals surface area contributed by atoms with E-state index in [1.165, 1.54) is 23.1 Å². The molecule has 0 saturated carbocycles. The van der Waals surface area contributed by atoms with Gasteiger partial charge < -0.3 is 15.3 Å². The normalized spacial score (nSPS) is 18.4. The highest BCUT2D eigenvalue weighted by Gasteiger charge is 2.30. The van der Waals surface area contributed by atoms with Crippen molar-refractivity contribution in [3.8, 4) is 0 Å². The molecule has 21 heavy (non-hydrogen) atoms. The van der Waals surface area contributed by atoms with Crippen molar-refractivity contribution in [1.29, 1.82) is 0 Å². The Hall–Kier alpha value is -1.95. The molecule has 0 aliphatic carbocycles. The van der Waals surface area contributed by atoms with Crippen molar-refractivity contribution in [2.75, 3.05) is 18.5 Å². The number of hydrogen-bond donors (Lipinski definition) is 2. The number of benzene rings is 1. The van der Waals surface area contributed by atoms with Gasteiger partial charge in [-0.3, -0.25) is 9.59 Å². The van der Waals surface area contributed by atoms with E-state index in [-0.39, 0.29) is 18.3 Å². The maximum Gasteiger partial charge on any atom is 0.313 e. The third-order valence-electron chi connectivity index (χ3n) is 3.67. The molecule has 114 valence electrons. The second kappa shape index (κ2) is 7.17. The smallest absolute Gasteiger partial charge is 0.313 e. The number of amides is 2. The first-order valence-electron chi connectivity index (χ1n) is 7.11. The average Bonchev–Trinajstić information content (AvgIpc) is 2.50. The van der Waals surface area contributed by atoms with E-state index < -0.39 is 17.6 Å². The van der Waals surface area contributed by atoms with Crippen molar-refractivity contribution in [3.05, 3.63) is 30.1 Å². The highest BCUT2D eigenvalue weighted by atomic mass is 19.1. The fourth-order valence-electron chi connectivity index (χ4n) is 2.59. The van der Waals surface area contributed by atoms with Gasteiger partial charge in [-0.25, -0.2) is 4.39 Å². The molecule has 1 unspecified atom stereocenters. The number of carbonyl (C=O) groups excluding carboxylic acids is 2. The fourth-order valence-corrected chi connectivity index (χ4v) is 2.59. The summed E-state index contributed by atoms with van der Waals surface area (Å²) in [6, 6.07) is 5.59. The maximum absolute atomic E-state index is 13.5. The number of aliphatic hydroxyl groups is 1. The van der Waals surface area contributed by atoms with Crippen molar-refractivity contribution in [3.63, 3.8) is 0 Å². The van der Waals surface area contributed by atoms with Crippen LogP contribution in [-0.4, -0.2) is 41.0 Å². The van der Waals surface area contributed by atoms with Crippen molar-refractivity contribution >= 4 is 17.5 Å². The predicted octanol–water partition coefficient (Wildman–Crippen LogP) is 1.53. The average molecular weight is 294 g/mol. The molecule has 1 saturated heterocycles. The molecule has 1 aromatic carbocycles. The first kappa shape index (κ1) is 15.4. The Kier molecular flexibility index (Phi) is 5.27. The number of halogens is 1. The Bertz CT molecular complexity index is 519. The van der Waals surface area contributed by atoms with E-state index in [9.17, 15) is 14.0 Å². The molecule has 0 aromatic heterocycles. The molecular formula is C15H19FN2O3. The molecule has 1 heterocycles. The Morgan fingerprint density at radius 2 is 2.10 bits per heavy atom. The third kappa shape index (κ3) is 3.78. The van der Waals surface area contributed by atoms with Crippen LogP contribution >= 0.6 is 0 Å². The predicted molar refractivity (Wildman–Crippen MR) is 76.1 cm³/mol. The summed E-state index contributed by atoms with van der Waals surface area (Å²) in [5, 5.41) is 11.3. The summed E-state index contributed by atoms with van der Waals surface area (Å²) in [4.78, 5) is 25.7. The fraction of sp³-hybridized carbons (Fsp3) is 0.467. The number of likely N-dealkylation sites (tertiary alicyclic amines) is 1. The van der Waals surface area contributed by atoms with Gasteiger partial charge in [-0.15, -0.1) is 0 Å². The van der Waals surface area contributed by atoms with E-state index in [4.69, 9.17) is 5.11 Å². The molecular weight excluding hydrogens is 275 g/mol. The van der Waals surface area contributed by atoms with Crippen molar-refractivity contribution in [1.82, 2.24) is 4.90 Å². The maximum atomic E-state index is 13.5. The van der Waals surface area contributed by atoms with Crippen LogP contribution in [-0.2, 0) is 9.59 Å². The van der Waals surface area contributed by atoms with Gasteiger partial charge in [-0.2, -0.15) is 0 Å². The number of hydrogen-bond acceptors (Lipinski definition) is 3. The molecule has 2 rings (SSSR count). The van der Waals surface area contributed by atoms with Gasteiger partial charge in [-0.1, -0.05) is 12.1 Å². The van der Waals surface area contributed by atoms with E-state index >= 15 is 0 Å². The lowest BCUT2D eigenvalue weighted by atomic mass is 9.99. The summed E-state index contributed by atoms with van der Waals surface area (Å²) in [7, 11) is 0. The zero-order valence-electron chi connectivity index (χ0n) is 11.7. The first-order chi connectivity index (χ1) is 10.1. The Labute approximate surface area is 122 Å². The number of aliphatic hydroxyl groups excluding tert-OH is 1. The monoisotopic (exact) mass is 294 g/mol. The van der Waals surface area contributed by atoms with E-state index in [2.05, 4.69) is 5.32 Å². The van der Waals surface area contributed by atoms with Crippen LogP contribution in [0, 0.1) is 5.82 Å². The van der Waals surface area contributed by atoms with Crippen LogP contribution in [0.25, 0.3) is 0 Å². The Morgan fingerprint density at radius 3 is 2.81 bits per heavy atom. The van der Waals surface area contributed by atoms with Gasteiger partial charge >= 0.3 is 11.8 Å². The lowest BCUT2D eigenvalue weighted by Gasteiger charge is -2.35. The van der Waals surface area contributed by atoms with Gasteiger partial charge in [-0.05, 0) is 37.8 Å². The molecule has 2 amide bonds. The Balaban J connectivity index is 2.04. The van der Waals surface area contributed by atoms with Gasteiger partial charge in [0.2, 0.25) is 0 Å². The third-order valence-corrected chi connectivity index (χ3v) is 3.67.